The number of hydrogen-bond donors (Lipinski definition) is 1. The van der Waals surface area contributed by atoms with Crippen LogP contribution >= 0.6 is 15.9 Å². The quantitative estimate of drug-likeness (QED) is 0.449. The molecule has 33 heavy (non-hydrogen) atoms. The van der Waals surface area contributed by atoms with Crippen molar-refractivity contribution in [2.24, 2.45) is 7.05 Å². The summed E-state index contributed by atoms with van der Waals surface area (Å²) < 4.78 is 4.24. The first kappa shape index (κ1) is 21.8. The predicted octanol–water partition coefficient (Wildman–Crippen LogP) is 2.40. The number of halogens is 1. The van der Waals surface area contributed by atoms with Crippen molar-refractivity contribution in [1.82, 2.24) is 39.2 Å². The monoisotopic (exact) mass is 511 g/mol. The molecule has 1 N–H and O–H groups in total. The zero-order valence-corrected chi connectivity index (χ0v) is 20.6. The standard InChI is InChI=1S/C22H26BrN9O/c1-13-11-31(9-8-29(13)3)21(33)14(2)25-22-26-18-16(6-5-7-17(18)23)20-27-19(28-32(20)22)15-10-24-30(4)12-15/h5-7,10,12-14H,8-9,11H2,1-4H3,(H,25,26)/t13-,14+/m0/s1. The molecule has 5 rings (SSSR count). The van der Waals surface area contributed by atoms with Gasteiger partial charge in [0.1, 0.15) is 6.04 Å². The Morgan fingerprint density at radius 1 is 1.24 bits per heavy atom. The Morgan fingerprint density at radius 2 is 2.06 bits per heavy atom. The Morgan fingerprint density at radius 3 is 2.79 bits per heavy atom. The molecule has 0 radical (unpaired) electrons. The maximum absolute atomic E-state index is 13.2. The maximum Gasteiger partial charge on any atom is 0.244 e. The molecule has 1 saturated heterocycles. The van der Waals surface area contributed by atoms with E-state index < -0.39 is 6.04 Å². The molecule has 0 aliphatic carbocycles. The number of fused-ring (bicyclic) bond motifs is 3. The van der Waals surface area contributed by atoms with Gasteiger partial charge in [0.05, 0.1) is 17.3 Å². The summed E-state index contributed by atoms with van der Waals surface area (Å²) in [5, 5.41) is 13.1. The molecule has 1 aromatic carbocycles. The summed E-state index contributed by atoms with van der Waals surface area (Å²) in [6, 6.07) is 5.71. The van der Waals surface area contributed by atoms with Crippen LogP contribution in [0.2, 0.25) is 0 Å². The summed E-state index contributed by atoms with van der Waals surface area (Å²) in [4.78, 5) is 27.0. The third-order valence-electron chi connectivity index (χ3n) is 6.20. The van der Waals surface area contributed by atoms with Gasteiger partial charge in [0.2, 0.25) is 11.9 Å². The van der Waals surface area contributed by atoms with E-state index in [2.05, 4.69) is 45.2 Å². The maximum atomic E-state index is 13.2. The van der Waals surface area contributed by atoms with Gasteiger partial charge in [0, 0.05) is 48.8 Å². The van der Waals surface area contributed by atoms with E-state index >= 15 is 0 Å². The fourth-order valence-electron chi connectivity index (χ4n) is 4.13. The van der Waals surface area contributed by atoms with E-state index in [1.54, 1.807) is 15.4 Å². The van der Waals surface area contributed by atoms with Crippen molar-refractivity contribution in [2.45, 2.75) is 25.9 Å². The topological polar surface area (TPSA) is 96.5 Å². The van der Waals surface area contributed by atoms with Crippen molar-refractivity contribution in [2.75, 3.05) is 32.0 Å². The molecule has 0 saturated carbocycles. The number of anilines is 1. The van der Waals surface area contributed by atoms with E-state index in [9.17, 15) is 4.79 Å². The van der Waals surface area contributed by atoms with Crippen LogP contribution in [0.5, 0.6) is 0 Å². The molecule has 4 aromatic rings. The van der Waals surface area contributed by atoms with Gasteiger partial charge < -0.3 is 15.1 Å². The summed E-state index contributed by atoms with van der Waals surface area (Å²) in [5.74, 6) is 1.06. The van der Waals surface area contributed by atoms with Crippen LogP contribution in [0.1, 0.15) is 13.8 Å². The number of rotatable bonds is 4. The van der Waals surface area contributed by atoms with E-state index in [0.29, 0.717) is 36.6 Å². The fraction of sp³-hybridized carbons (Fsp3) is 0.409. The number of nitrogens with one attached hydrogen (secondary N) is 1. The summed E-state index contributed by atoms with van der Waals surface area (Å²) in [5.41, 5.74) is 2.23. The molecule has 10 nitrogen and oxygen atoms in total. The molecule has 172 valence electrons. The summed E-state index contributed by atoms with van der Waals surface area (Å²) in [7, 11) is 3.94. The Labute approximate surface area is 199 Å². The number of aryl methyl sites for hydroxylation is 1. The second-order valence-electron chi connectivity index (χ2n) is 8.62. The van der Waals surface area contributed by atoms with Gasteiger partial charge in [-0.25, -0.2) is 9.97 Å². The number of benzene rings is 1. The highest BCUT2D eigenvalue weighted by atomic mass is 79.9. The molecule has 3 aromatic heterocycles. The van der Waals surface area contributed by atoms with Crippen LogP contribution in [-0.2, 0) is 11.8 Å². The molecule has 2 atom stereocenters. The van der Waals surface area contributed by atoms with Crippen molar-refractivity contribution in [3.63, 3.8) is 0 Å². The SMILES string of the molecule is C[C@@H](Nc1nc2c(Br)cccc2c2nc(-c3cnn(C)c3)nn12)C(=O)N1CCN(C)[C@@H](C)C1. The van der Waals surface area contributed by atoms with Crippen molar-refractivity contribution < 1.29 is 4.79 Å². The van der Waals surface area contributed by atoms with Crippen molar-refractivity contribution in [3.8, 4) is 11.4 Å². The van der Waals surface area contributed by atoms with Crippen LogP contribution in [-0.4, -0.2) is 83.8 Å². The Hall–Kier alpha value is -3.05. The first-order chi connectivity index (χ1) is 15.8. The summed E-state index contributed by atoms with van der Waals surface area (Å²) in [6.45, 7) is 6.29. The minimum Gasteiger partial charge on any atom is -0.343 e. The van der Waals surface area contributed by atoms with Crippen LogP contribution in [0, 0.1) is 0 Å². The minimum atomic E-state index is -0.470. The average Bonchev–Trinajstić information content (AvgIpc) is 3.43. The van der Waals surface area contributed by atoms with Gasteiger partial charge in [-0.2, -0.15) is 9.61 Å². The van der Waals surface area contributed by atoms with Crippen molar-refractivity contribution in [3.05, 3.63) is 35.1 Å². The lowest BCUT2D eigenvalue weighted by molar-refractivity contribution is -0.134. The van der Waals surface area contributed by atoms with Crippen molar-refractivity contribution in [1.29, 1.82) is 0 Å². The van der Waals surface area contributed by atoms with E-state index in [-0.39, 0.29) is 5.91 Å². The number of hydrogen-bond acceptors (Lipinski definition) is 7. The molecule has 1 aliphatic heterocycles. The van der Waals surface area contributed by atoms with Crippen molar-refractivity contribution >= 4 is 44.3 Å². The molecule has 0 bridgehead atoms. The molecule has 0 unspecified atom stereocenters. The second-order valence-corrected chi connectivity index (χ2v) is 9.48. The van der Waals surface area contributed by atoms with Gasteiger partial charge in [0.15, 0.2) is 11.5 Å². The van der Waals surface area contributed by atoms with Gasteiger partial charge in [-0.3, -0.25) is 9.48 Å². The van der Waals surface area contributed by atoms with Crippen LogP contribution in [0.3, 0.4) is 0 Å². The van der Waals surface area contributed by atoms with Crippen LogP contribution < -0.4 is 5.32 Å². The third kappa shape index (κ3) is 3.95. The smallest absolute Gasteiger partial charge is 0.244 e. The van der Waals surface area contributed by atoms with E-state index in [0.717, 1.165) is 27.5 Å². The number of aromatic nitrogens is 6. The summed E-state index contributed by atoms with van der Waals surface area (Å²) >= 11 is 3.60. The molecule has 11 heteroatoms. The summed E-state index contributed by atoms with van der Waals surface area (Å²) in [6.07, 6.45) is 3.60. The van der Waals surface area contributed by atoms with Gasteiger partial charge >= 0.3 is 0 Å². The lowest BCUT2D eigenvalue weighted by Gasteiger charge is -2.38. The predicted molar refractivity (Wildman–Crippen MR) is 130 cm³/mol. The fourth-order valence-corrected chi connectivity index (χ4v) is 4.58. The average molecular weight is 512 g/mol. The highest BCUT2D eigenvalue weighted by Crippen LogP contribution is 2.28. The zero-order chi connectivity index (χ0) is 23.3. The lowest BCUT2D eigenvalue weighted by atomic mass is 10.2. The molecular weight excluding hydrogens is 486 g/mol. The lowest BCUT2D eigenvalue weighted by Crippen LogP contribution is -2.54. The minimum absolute atomic E-state index is 0.0460. The number of piperazine rings is 1. The highest BCUT2D eigenvalue weighted by molar-refractivity contribution is 9.10. The Balaban J connectivity index is 1.54. The van der Waals surface area contributed by atoms with E-state index in [4.69, 9.17) is 15.1 Å². The second kappa shape index (κ2) is 8.38. The first-order valence-corrected chi connectivity index (χ1v) is 11.7. The van der Waals surface area contributed by atoms with Crippen LogP contribution in [0.4, 0.5) is 5.95 Å². The number of likely N-dealkylation sites (N-methyl/N-ethyl adjacent to an activating group) is 1. The molecular formula is C22H26BrN9O. The number of nitrogens with zero attached hydrogens (tertiary/aromatic N) is 8. The molecule has 1 fully saturated rings. The van der Waals surface area contributed by atoms with Gasteiger partial charge in [0.25, 0.3) is 0 Å². The van der Waals surface area contributed by atoms with Crippen LogP contribution in [0.15, 0.2) is 35.1 Å². The molecule has 1 aliphatic rings. The number of carbonyl (C=O) groups excluding carboxylic acids is 1. The van der Waals surface area contributed by atoms with Gasteiger partial charge in [-0.15, -0.1) is 5.10 Å². The normalized spacial score (nSPS) is 18.2. The van der Waals surface area contributed by atoms with E-state index in [1.807, 2.05) is 43.3 Å². The Kier molecular flexibility index (Phi) is 5.53. The first-order valence-electron chi connectivity index (χ1n) is 10.9. The largest absolute Gasteiger partial charge is 0.343 e. The van der Waals surface area contributed by atoms with Gasteiger partial charge in [-0.05, 0) is 49.0 Å². The molecule has 0 spiro atoms. The Bertz CT molecular complexity index is 1350. The molecule has 1 amide bonds. The third-order valence-corrected chi connectivity index (χ3v) is 6.84. The molecule has 4 heterocycles. The number of para-hydroxylation sites is 1. The number of carbonyl (C=O) groups is 1. The number of amides is 1. The zero-order valence-electron chi connectivity index (χ0n) is 19.0. The van der Waals surface area contributed by atoms with Gasteiger partial charge in [-0.1, -0.05) is 6.07 Å². The van der Waals surface area contributed by atoms with Crippen LogP contribution in [0.25, 0.3) is 27.9 Å². The highest BCUT2D eigenvalue weighted by Gasteiger charge is 2.28. The van der Waals surface area contributed by atoms with E-state index in [1.165, 1.54) is 0 Å².